The van der Waals surface area contributed by atoms with E-state index < -0.39 is 15.8 Å². The summed E-state index contributed by atoms with van der Waals surface area (Å²) in [5.74, 6) is 0.0496. The lowest BCUT2D eigenvalue weighted by atomic mass is 9.76. The van der Waals surface area contributed by atoms with Gasteiger partial charge in [-0.15, -0.1) is 0 Å². The van der Waals surface area contributed by atoms with Gasteiger partial charge in [0, 0.05) is 6.42 Å². The van der Waals surface area contributed by atoms with Gasteiger partial charge in [-0.05, 0) is 62.5 Å². The summed E-state index contributed by atoms with van der Waals surface area (Å²) in [6, 6.07) is 8.65. The number of hydrogen-bond donors (Lipinski definition) is 1. The minimum Gasteiger partial charge on any atom is -0.481 e. The number of rotatable bonds is 10. The molecule has 2 aliphatic rings. The van der Waals surface area contributed by atoms with Crippen molar-refractivity contribution in [2.75, 3.05) is 5.75 Å². The maximum Gasteiger partial charge on any atom is 0.303 e. The average Bonchev–Trinajstić information content (AvgIpc) is 3.25. The second kappa shape index (κ2) is 9.02. The van der Waals surface area contributed by atoms with Gasteiger partial charge in [-0.25, -0.2) is 8.42 Å². The minimum atomic E-state index is -3.26. The van der Waals surface area contributed by atoms with Crippen LogP contribution in [0.3, 0.4) is 0 Å². The number of carbonyl (C=O) groups is 1. The third-order valence-corrected chi connectivity index (χ3v) is 7.51. The zero-order valence-corrected chi connectivity index (χ0v) is 16.3. The highest BCUT2D eigenvalue weighted by Crippen LogP contribution is 2.46. The summed E-state index contributed by atoms with van der Waals surface area (Å²) >= 11 is 0. The summed E-state index contributed by atoms with van der Waals surface area (Å²) in [7, 11) is -3.26. The normalized spacial score (nSPS) is 27.4. The second-order valence-corrected chi connectivity index (χ2v) is 9.64. The molecule has 0 amide bonds. The first-order valence-electron chi connectivity index (χ1n) is 9.77. The van der Waals surface area contributed by atoms with Gasteiger partial charge in [0.1, 0.15) is 0 Å². The van der Waals surface area contributed by atoms with Crippen molar-refractivity contribution < 1.29 is 23.1 Å². The van der Waals surface area contributed by atoms with Crippen molar-refractivity contribution in [1.82, 2.24) is 0 Å². The molecule has 0 aliphatic carbocycles. The Labute approximate surface area is 161 Å². The fourth-order valence-electron chi connectivity index (χ4n) is 4.38. The molecule has 0 radical (unpaired) electrons. The van der Waals surface area contributed by atoms with E-state index in [1.807, 2.05) is 12.1 Å². The van der Waals surface area contributed by atoms with Gasteiger partial charge in [-0.2, -0.15) is 0 Å². The summed E-state index contributed by atoms with van der Waals surface area (Å²) in [5, 5.41) is 8.67. The van der Waals surface area contributed by atoms with Gasteiger partial charge in [0.2, 0.25) is 0 Å². The lowest BCUT2D eigenvalue weighted by molar-refractivity contribution is -0.137. The standard InChI is InChI=1S/C21H28O5S/c22-21(23)11-7-2-1-6-10-17-18(20-13-12-19(17)26-20)14-15-27(24,25)16-8-4-3-5-9-16/h1,3-6,8-9,17-20H,2,7,10-15H2,(H,22,23)/t17-,18+,19-,20+/m1/s1. The monoisotopic (exact) mass is 392 g/mol. The largest absolute Gasteiger partial charge is 0.481 e. The van der Waals surface area contributed by atoms with Gasteiger partial charge in [0.25, 0.3) is 0 Å². The number of hydrogen-bond acceptors (Lipinski definition) is 4. The number of allylic oxidation sites excluding steroid dienone is 2. The number of benzene rings is 1. The van der Waals surface area contributed by atoms with Crippen LogP contribution in [-0.4, -0.2) is 37.5 Å². The maximum atomic E-state index is 12.6. The number of sulfone groups is 1. The topological polar surface area (TPSA) is 80.7 Å². The molecule has 0 unspecified atom stereocenters. The molecule has 0 aromatic heterocycles. The Hall–Kier alpha value is -1.66. The highest BCUT2D eigenvalue weighted by atomic mass is 32.2. The van der Waals surface area contributed by atoms with Gasteiger partial charge in [-0.3, -0.25) is 4.79 Å². The van der Waals surface area contributed by atoms with Crippen LogP contribution < -0.4 is 0 Å². The molecular weight excluding hydrogens is 364 g/mol. The predicted molar refractivity (Wildman–Crippen MR) is 103 cm³/mol. The molecule has 0 saturated carbocycles. The highest BCUT2D eigenvalue weighted by Gasteiger charge is 2.48. The summed E-state index contributed by atoms with van der Waals surface area (Å²) in [6.45, 7) is 0. The van der Waals surface area contributed by atoms with Crippen molar-refractivity contribution in [3.8, 4) is 0 Å². The van der Waals surface area contributed by atoms with Crippen LogP contribution in [0.5, 0.6) is 0 Å². The van der Waals surface area contributed by atoms with Crippen LogP contribution in [0.25, 0.3) is 0 Å². The number of ether oxygens (including phenoxy) is 1. The summed E-state index contributed by atoms with van der Waals surface area (Å²) in [6.07, 6.45) is 9.81. The van der Waals surface area contributed by atoms with Crippen LogP contribution >= 0.6 is 0 Å². The van der Waals surface area contributed by atoms with Crippen molar-refractivity contribution in [3.05, 3.63) is 42.5 Å². The van der Waals surface area contributed by atoms with Crippen molar-refractivity contribution >= 4 is 15.8 Å². The molecule has 6 heteroatoms. The van der Waals surface area contributed by atoms with E-state index in [-0.39, 0.29) is 30.3 Å². The van der Waals surface area contributed by atoms with E-state index in [9.17, 15) is 13.2 Å². The lowest BCUT2D eigenvalue weighted by Gasteiger charge is -2.27. The average molecular weight is 393 g/mol. The van der Waals surface area contributed by atoms with E-state index in [0.717, 1.165) is 25.7 Å². The first kappa shape index (κ1) is 20.1. The molecule has 1 aromatic carbocycles. The molecule has 2 saturated heterocycles. The van der Waals surface area contributed by atoms with E-state index in [1.165, 1.54) is 0 Å². The highest BCUT2D eigenvalue weighted by molar-refractivity contribution is 7.91. The molecule has 2 heterocycles. The Balaban J connectivity index is 1.54. The van der Waals surface area contributed by atoms with Gasteiger partial charge in [0.05, 0.1) is 22.9 Å². The molecule has 2 aliphatic heterocycles. The lowest BCUT2D eigenvalue weighted by Crippen LogP contribution is -2.28. The number of fused-ring (bicyclic) bond motifs is 2. The Morgan fingerprint density at radius 3 is 2.52 bits per heavy atom. The summed E-state index contributed by atoms with van der Waals surface area (Å²) in [4.78, 5) is 10.9. The van der Waals surface area contributed by atoms with Gasteiger partial charge in [-0.1, -0.05) is 30.4 Å². The molecule has 1 aromatic rings. The van der Waals surface area contributed by atoms with Gasteiger partial charge >= 0.3 is 5.97 Å². The molecule has 148 valence electrons. The predicted octanol–water partition coefficient (Wildman–Crippen LogP) is 3.85. The quantitative estimate of drug-likeness (QED) is 0.483. The van der Waals surface area contributed by atoms with E-state index in [2.05, 4.69) is 6.08 Å². The molecule has 1 N–H and O–H groups in total. The van der Waals surface area contributed by atoms with Crippen molar-refractivity contribution in [1.29, 1.82) is 0 Å². The first-order chi connectivity index (χ1) is 13.0. The van der Waals surface area contributed by atoms with Crippen LogP contribution in [0, 0.1) is 11.8 Å². The SMILES string of the molecule is O=C(O)CCCC=CC[C@@H]1[C@H](CCS(=O)(=O)c2ccccc2)[C@@H]2CC[C@H]1O2. The van der Waals surface area contributed by atoms with E-state index >= 15 is 0 Å². The maximum absolute atomic E-state index is 12.6. The molecule has 0 spiro atoms. The van der Waals surface area contributed by atoms with Crippen molar-refractivity contribution in [2.45, 2.75) is 62.0 Å². The Morgan fingerprint density at radius 1 is 1.11 bits per heavy atom. The van der Waals surface area contributed by atoms with E-state index in [4.69, 9.17) is 9.84 Å². The van der Waals surface area contributed by atoms with Crippen molar-refractivity contribution in [2.24, 2.45) is 11.8 Å². The second-order valence-electron chi connectivity index (χ2n) is 7.53. The Morgan fingerprint density at radius 2 is 1.81 bits per heavy atom. The van der Waals surface area contributed by atoms with Gasteiger partial charge in [0.15, 0.2) is 9.84 Å². The first-order valence-corrected chi connectivity index (χ1v) is 11.4. The minimum absolute atomic E-state index is 0.160. The fraction of sp³-hybridized carbons (Fsp3) is 0.571. The van der Waals surface area contributed by atoms with Crippen LogP contribution in [0.2, 0.25) is 0 Å². The molecule has 4 atom stereocenters. The number of carboxylic acid groups (broad SMARTS) is 1. The summed E-state index contributed by atoms with van der Waals surface area (Å²) in [5.41, 5.74) is 0. The number of aliphatic carboxylic acids is 1. The van der Waals surface area contributed by atoms with Crippen LogP contribution in [0.4, 0.5) is 0 Å². The molecule has 5 nitrogen and oxygen atoms in total. The van der Waals surface area contributed by atoms with Crippen molar-refractivity contribution in [3.63, 3.8) is 0 Å². The summed E-state index contributed by atoms with van der Waals surface area (Å²) < 4.78 is 31.2. The number of unbranched alkanes of at least 4 members (excludes halogenated alkanes) is 1. The molecular formula is C21H28O5S. The Bertz CT molecular complexity index is 756. The molecule has 2 bridgehead atoms. The fourth-order valence-corrected chi connectivity index (χ4v) is 5.77. The molecule has 2 fully saturated rings. The van der Waals surface area contributed by atoms with Crippen LogP contribution in [0.1, 0.15) is 44.9 Å². The van der Waals surface area contributed by atoms with Gasteiger partial charge < -0.3 is 9.84 Å². The smallest absolute Gasteiger partial charge is 0.303 e. The molecule has 27 heavy (non-hydrogen) atoms. The van der Waals surface area contributed by atoms with E-state index in [1.54, 1.807) is 24.3 Å². The van der Waals surface area contributed by atoms with Crippen LogP contribution in [-0.2, 0) is 19.4 Å². The van der Waals surface area contributed by atoms with Crippen LogP contribution in [0.15, 0.2) is 47.4 Å². The van der Waals surface area contributed by atoms with E-state index in [0.29, 0.717) is 23.7 Å². The zero-order chi connectivity index (χ0) is 19.3. The number of carboxylic acids is 1. The zero-order valence-electron chi connectivity index (χ0n) is 15.5. The third-order valence-electron chi connectivity index (χ3n) is 5.75. The Kier molecular flexibility index (Phi) is 6.71. The third kappa shape index (κ3) is 5.20. The molecule has 3 rings (SSSR count).